The second-order valence-corrected chi connectivity index (χ2v) is 12.2. The molecule has 0 saturated carbocycles. The zero-order valence-corrected chi connectivity index (χ0v) is 27.4. The fraction of sp³-hybridized carbons (Fsp3) is 0.421. The molecule has 8 nitrogen and oxygen atoms in total. The Labute approximate surface area is 273 Å². The summed E-state index contributed by atoms with van der Waals surface area (Å²) in [5.74, 6) is 0.107. The normalized spacial score (nSPS) is 19.5. The average molecular weight is 628 g/mol. The fourth-order valence-corrected chi connectivity index (χ4v) is 5.84. The Kier molecular flexibility index (Phi) is 13.5. The highest BCUT2D eigenvalue weighted by Gasteiger charge is 2.38. The molecule has 1 aliphatic heterocycles. The number of likely N-dealkylation sites (N-methyl/N-ethyl adjacent to an activating group) is 1. The van der Waals surface area contributed by atoms with Crippen molar-refractivity contribution in [3.05, 3.63) is 108 Å². The summed E-state index contributed by atoms with van der Waals surface area (Å²) in [6.07, 6.45) is 4.14. The fourth-order valence-electron chi connectivity index (χ4n) is 5.84. The van der Waals surface area contributed by atoms with E-state index < -0.39 is 6.29 Å². The highest BCUT2D eigenvalue weighted by Crippen LogP contribution is 2.42. The second-order valence-electron chi connectivity index (χ2n) is 12.2. The second kappa shape index (κ2) is 17.8. The Morgan fingerprint density at radius 3 is 2.35 bits per heavy atom. The summed E-state index contributed by atoms with van der Waals surface area (Å²) in [5, 5.41) is 15.4. The molecule has 1 fully saturated rings. The van der Waals surface area contributed by atoms with Crippen molar-refractivity contribution in [2.45, 2.75) is 71.2 Å². The van der Waals surface area contributed by atoms with E-state index in [4.69, 9.17) is 9.47 Å². The van der Waals surface area contributed by atoms with Gasteiger partial charge in [0.05, 0.1) is 18.8 Å². The maximum atomic E-state index is 12.5. The van der Waals surface area contributed by atoms with Crippen LogP contribution in [0.25, 0.3) is 11.1 Å². The number of unbranched alkanes of at least 4 members (excludes halogenated alkanes) is 2. The number of aliphatic hydroxyl groups excluding tert-OH is 1. The van der Waals surface area contributed by atoms with Crippen LogP contribution in [-0.2, 0) is 32.2 Å². The van der Waals surface area contributed by atoms with Crippen molar-refractivity contribution in [2.75, 3.05) is 26.7 Å². The van der Waals surface area contributed by atoms with Gasteiger partial charge in [-0.2, -0.15) is 0 Å². The Balaban J connectivity index is 1.43. The van der Waals surface area contributed by atoms with Gasteiger partial charge in [-0.3, -0.25) is 9.59 Å². The smallest absolute Gasteiger partial charge is 0.220 e. The molecule has 4 atom stereocenters. The Morgan fingerprint density at radius 1 is 0.935 bits per heavy atom. The zero-order valence-electron chi connectivity index (χ0n) is 27.4. The average Bonchev–Trinajstić information content (AvgIpc) is 3.06. The van der Waals surface area contributed by atoms with E-state index in [0.717, 1.165) is 65.7 Å². The van der Waals surface area contributed by atoms with E-state index >= 15 is 0 Å². The third-order valence-electron chi connectivity index (χ3n) is 8.50. The van der Waals surface area contributed by atoms with Crippen molar-refractivity contribution in [1.29, 1.82) is 0 Å². The summed E-state index contributed by atoms with van der Waals surface area (Å²) in [4.78, 5) is 25.7. The predicted molar refractivity (Wildman–Crippen MR) is 182 cm³/mol. The van der Waals surface area contributed by atoms with E-state index in [0.29, 0.717) is 19.5 Å². The number of carbonyl (C=O) groups is 2. The summed E-state index contributed by atoms with van der Waals surface area (Å²) in [7, 11) is 2.07. The summed E-state index contributed by atoms with van der Waals surface area (Å²) in [6.45, 7) is 10.2. The minimum absolute atomic E-state index is 0.00599. The van der Waals surface area contributed by atoms with Gasteiger partial charge in [0.15, 0.2) is 6.29 Å². The molecule has 46 heavy (non-hydrogen) atoms. The van der Waals surface area contributed by atoms with Gasteiger partial charge in [0.25, 0.3) is 0 Å². The van der Waals surface area contributed by atoms with Crippen molar-refractivity contribution < 1.29 is 24.2 Å². The van der Waals surface area contributed by atoms with Crippen LogP contribution in [0.3, 0.4) is 0 Å². The van der Waals surface area contributed by atoms with Gasteiger partial charge in [-0.1, -0.05) is 92.2 Å². The molecule has 246 valence electrons. The van der Waals surface area contributed by atoms with Crippen molar-refractivity contribution >= 4 is 11.8 Å². The number of benzene rings is 3. The number of amides is 2. The molecule has 1 aliphatic rings. The van der Waals surface area contributed by atoms with Gasteiger partial charge in [-0.05, 0) is 47.7 Å². The lowest BCUT2D eigenvalue weighted by atomic mass is 9.90. The molecule has 0 bridgehead atoms. The SMILES string of the molecule is C=CCN(C)CC1OC(c2ccc(-c3ccccc3CNC(=O)CCCCCNC(C)=O)cc2)OC(c2ccc(CO)cc2)C1C. The molecule has 0 aromatic heterocycles. The number of nitrogens with one attached hydrogen (secondary N) is 2. The van der Waals surface area contributed by atoms with Crippen molar-refractivity contribution in [1.82, 2.24) is 15.5 Å². The van der Waals surface area contributed by atoms with E-state index in [1.165, 1.54) is 6.92 Å². The highest BCUT2D eigenvalue weighted by molar-refractivity contribution is 5.76. The Hall–Kier alpha value is -3.82. The third kappa shape index (κ3) is 10.1. The van der Waals surface area contributed by atoms with Crippen molar-refractivity contribution in [3.8, 4) is 11.1 Å². The lowest BCUT2D eigenvalue weighted by Crippen LogP contribution is -2.43. The number of hydrogen-bond acceptors (Lipinski definition) is 6. The largest absolute Gasteiger partial charge is 0.392 e. The highest BCUT2D eigenvalue weighted by atomic mass is 16.7. The van der Waals surface area contributed by atoms with Crippen LogP contribution in [0.15, 0.2) is 85.5 Å². The maximum Gasteiger partial charge on any atom is 0.220 e. The number of rotatable bonds is 16. The van der Waals surface area contributed by atoms with E-state index in [1.54, 1.807) is 0 Å². The number of nitrogens with zero attached hydrogens (tertiary/aromatic N) is 1. The van der Waals surface area contributed by atoms with Crippen molar-refractivity contribution in [3.63, 3.8) is 0 Å². The van der Waals surface area contributed by atoms with Gasteiger partial charge in [-0.15, -0.1) is 6.58 Å². The third-order valence-corrected chi connectivity index (χ3v) is 8.50. The molecule has 1 saturated heterocycles. The summed E-state index contributed by atoms with van der Waals surface area (Å²) < 4.78 is 13.2. The van der Waals surface area contributed by atoms with Gasteiger partial charge in [0.1, 0.15) is 0 Å². The minimum Gasteiger partial charge on any atom is -0.392 e. The van der Waals surface area contributed by atoms with Crippen LogP contribution in [0, 0.1) is 5.92 Å². The van der Waals surface area contributed by atoms with Crippen LogP contribution >= 0.6 is 0 Å². The quantitative estimate of drug-likeness (QED) is 0.132. The van der Waals surface area contributed by atoms with E-state index in [-0.39, 0.29) is 36.5 Å². The molecular formula is C38H49N3O5. The van der Waals surface area contributed by atoms with Crippen LogP contribution in [0.5, 0.6) is 0 Å². The molecule has 0 aliphatic carbocycles. The van der Waals surface area contributed by atoms with Crippen LogP contribution in [-0.4, -0.2) is 54.6 Å². The van der Waals surface area contributed by atoms with Crippen LogP contribution in [0.4, 0.5) is 0 Å². The first-order valence-electron chi connectivity index (χ1n) is 16.3. The molecule has 4 rings (SSSR count). The van der Waals surface area contributed by atoms with Crippen molar-refractivity contribution in [2.24, 2.45) is 5.92 Å². The standard InChI is InChI=1S/C38H49N3O5/c1-5-23-41(4)25-35-27(2)37(31-16-14-29(26-42)15-17-31)46-38(45-35)32-20-18-30(19-21-32)34-12-9-8-11-33(34)24-40-36(44)13-7-6-10-22-39-28(3)43/h5,8-9,11-12,14-21,27,35,37-38,42H,1,6-7,10,13,22-26H2,2-4H3,(H,39,43)(H,40,44). The van der Waals surface area contributed by atoms with Crippen LogP contribution < -0.4 is 10.6 Å². The lowest BCUT2D eigenvalue weighted by molar-refractivity contribution is -0.275. The van der Waals surface area contributed by atoms with E-state index in [9.17, 15) is 14.7 Å². The van der Waals surface area contributed by atoms with Gasteiger partial charge >= 0.3 is 0 Å². The predicted octanol–water partition coefficient (Wildman–Crippen LogP) is 6.07. The molecule has 1 heterocycles. The molecule has 2 amide bonds. The molecule has 3 N–H and O–H groups in total. The Morgan fingerprint density at radius 2 is 1.65 bits per heavy atom. The lowest BCUT2D eigenvalue weighted by Gasteiger charge is -2.42. The van der Waals surface area contributed by atoms with Gasteiger partial charge in [-0.25, -0.2) is 0 Å². The van der Waals surface area contributed by atoms with Crippen LogP contribution in [0.2, 0.25) is 0 Å². The monoisotopic (exact) mass is 627 g/mol. The number of carbonyl (C=O) groups excluding carboxylic acids is 2. The summed E-state index contributed by atoms with van der Waals surface area (Å²) in [6, 6.07) is 24.4. The molecule has 3 aromatic carbocycles. The molecule has 0 radical (unpaired) electrons. The minimum atomic E-state index is -0.539. The topological polar surface area (TPSA) is 100 Å². The summed E-state index contributed by atoms with van der Waals surface area (Å²) >= 11 is 0. The zero-order chi connectivity index (χ0) is 32.9. The van der Waals surface area contributed by atoms with Crippen LogP contribution in [0.1, 0.15) is 74.2 Å². The maximum absolute atomic E-state index is 12.5. The summed E-state index contributed by atoms with van der Waals surface area (Å²) in [5.41, 5.74) is 6.03. The molecular weight excluding hydrogens is 578 g/mol. The molecule has 8 heteroatoms. The van der Waals surface area contributed by atoms with Gasteiger partial charge in [0.2, 0.25) is 11.8 Å². The first-order chi connectivity index (χ1) is 22.3. The first-order valence-corrected chi connectivity index (χ1v) is 16.3. The van der Waals surface area contributed by atoms with E-state index in [2.05, 4.69) is 66.4 Å². The molecule has 0 spiro atoms. The molecule has 3 aromatic rings. The number of aliphatic hydroxyl groups is 1. The Bertz CT molecular complexity index is 1410. The first kappa shape index (κ1) is 35.0. The molecule has 4 unspecified atom stereocenters. The van der Waals surface area contributed by atoms with Gasteiger partial charge in [0, 0.05) is 51.0 Å². The van der Waals surface area contributed by atoms with Gasteiger partial charge < -0.3 is 30.1 Å². The number of hydrogen-bond donors (Lipinski definition) is 3. The van der Waals surface area contributed by atoms with E-state index in [1.807, 2.05) is 48.5 Å². The number of ether oxygens (including phenoxy) is 2.